The maximum absolute atomic E-state index is 12.9. The SMILES string of the molecule is CCc1ncncc1C(=O)c1ccccc1C(F)(F)F. The highest BCUT2D eigenvalue weighted by Crippen LogP contribution is 2.32. The van der Waals surface area contributed by atoms with E-state index in [-0.39, 0.29) is 11.1 Å². The molecule has 0 atom stereocenters. The molecule has 20 heavy (non-hydrogen) atoms. The fourth-order valence-corrected chi connectivity index (χ4v) is 1.90. The first-order valence-corrected chi connectivity index (χ1v) is 5.95. The number of aromatic nitrogens is 2. The van der Waals surface area contributed by atoms with Crippen molar-refractivity contribution in [3.63, 3.8) is 0 Å². The summed E-state index contributed by atoms with van der Waals surface area (Å²) >= 11 is 0. The molecule has 0 N–H and O–H groups in total. The molecule has 0 saturated carbocycles. The monoisotopic (exact) mass is 280 g/mol. The molecule has 1 aromatic carbocycles. The third kappa shape index (κ3) is 2.68. The van der Waals surface area contributed by atoms with E-state index in [1.165, 1.54) is 24.7 Å². The van der Waals surface area contributed by atoms with Gasteiger partial charge in [-0.25, -0.2) is 9.97 Å². The average Bonchev–Trinajstić information content (AvgIpc) is 2.45. The molecule has 1 heterocycles. The quantitative estimate of drug-likeness (QED) is 0.810. The first kappa shape index (κ1) is 14.2. The molecule has 0 amide bonds. The van der Waals surface area contributed by atoms with Gasteiger partial charge in [0, 0.05) is 11.8 Å². The van der Waals surface area contributed by atoms with E-state index in [0.29, 0.717) is 12.1 Å². The van der Waals surface area contributed by atoms with Crippen molar-refractivity contribution in [3.05, 3.63) is 59.2 Å². The molecule has 6 heteroatoms. The molecule has 0 saturated heterocycles. The zero-order valence-electron chi connectivity index (χ0n) is 10.6. The van der Waals surface area contributed by atoms with Gasteiger partial charge in [0.15, 0.2) is 5.78 Å². The lowest BCUT2D eigenvalue weighted by atomic mass is 9.97. The number of aryl methyl sites for hydroxylation is 1. The minimum absolute atomic E-state index is 0.103. The lowest BCUT2D eigenvalue weighted by molar-refractivity contribution is -0.137. The van der Waals surface area contributed by atoms with E-state index in [1.54, 1.807) is 6.92 Å². The Balaban J connectivity index is 2.55. The van der Waals surface area contributed by atoms with Crippen LogP contribution < -0.4 is 0 Å². The highest BCUT2D eigenvalue weighted by molar-refractivity contribution is 6.10. The third-order valence-electron chi connectivity index (χ3n) is 2.85. The van der Waals surface area contributed by atoms with E-state index in [9.17, 15) is 18.0 Å². The molecule has 2 aromatic rings. The number of hydrogen-bond donors (Lipinski definition) is 0. The van der Waals surface area contributed by atoms with E-state index >= 15 is 0 Å². The van der Waals surface area contributed by atoms with Crippen molar-refractivity contribution in [2.24, 2.45) is 0 Å². The number of carbonyl (C=O) groups excluding carboxylic acids is 1. The fourth-order valence-electron chi connectivity index (χ4n) is 1.90. The minimum Gasteiger partial charge on any atom is -0.288 e. The van der Waals surface area contributed by atoms with Crippen LogP contribution in [-0.4, -0.2) is 15.8 Å². The van der Waals surface area contributed by atoms with Gasteiger partial charge in [0.1, 0.15) is 6.33 Å². The molecular formula is C14H11F3N2O. The van der Waals surface area contributed by atoms with Gasteiger partial charge in [0.05, 0.1) is 16.8 Å². The molecule has 0 radical (unpaired) electrons. The Kier molecular flexibility index (Phi) is 3.83. The summed E-state index contributed by atoms with van der Waals surface area (Å²) in [5.41, 5.74) is -0.797. The van der Waals surface area contributed by atoms with Crippen molar-refractivity contribution in [1.29, 1.82) is 0 Å². The van der Waals surface area contributed by atoms with Crippen molar-refractivity contribution in [2.75, 3.05) is 0 Å². The second-order valence-electron chi connectivity index (χ2n) is 4.11. The van der Waals surface area contributed by atoms with Crippen LogP contribution in [0.4, 0.5) is 13.2 Å². The van der Waals surface area contributed by atoms with Gasteiger partial charge in [0.2, 0.25) is 0 Å². The molecule has 0 spiro atoms. The van der Waals surface area contributed by atoms with Crippen LogP contribution in [0.3, 0.4) is 0 Å². The van der Waals surface area contributed by atoms with Gasteiger partial charge in [-0.15, -0.1) is 0 Å². The lowest BCUT2D eigenvalue weighted by Crippen LogP contribution is -2.15. The van der Waals surface area contributed by atoms with Gasteiger partial charge in [-0.3, -0.25) is 4.79 Å². The summed E-state index contributed by atoms with van der Waals surface area (Å²) in [5, 5.41) is 0. The van der Waals surface area contributed by atoms with Crippen molar-refractivity contribution in [2.45, 2.75) is 19.5 Å². The highest BCUT2D eigenvalue weighted by atomic mass is 19.4. The molecule has 0 aliphatic carbocycles. The summed E-state index contributed by atoms with van der Waals surface area (Å²) in [7, 11) is 0. The molecule has 1 aromatic heterocycles. The second kappa shape index (κ2) is 5.40. The Morgan fingerprint density at radius 1 is 1.20 bits per heavy atom. The molecule has 0 fully saturated rings. The van der Waals surface area contributed by atoms with E-state index in [4.69, 9.17) is 0 Å². The van der Waals surface area contributed by atoms with Crippen molar-refractivity contribution in [3.8, 4) is 0 Å². The van der Waals surface area contributed by atoms with Crippen LogP contribution in [0.25, 0.3) is 0 Å². The van der Waals surface area contributed by atoms with Crippen LogP contribution in [-0.2, 0) is 12.6 Å². The smallest absolute Gasteiger partial charge is 0.288 e. The van der Waals surface area contributed by atoms with Crippen LogP contribution in [0.5, 0.6) is 0 Å². The Morgan fingerprint density at radius 3 is 2.55 bits per heavy atom. The van der Waals surface area contributed by atoms with Gasteiger partial charge in [-0.1, -0.05) is 25.1 Å². The van der Waals surface area contributed by atoms with E-state index < -0.39 is 17.5 Å². The molecule has 0 aliphatic heterocycles. The van der Waals surface area contributed by atoms with Gasteiger partial charge in [0.25, 0.3) is 0 Å². The largest absolute Gasteiger partial charge is 0.417 e. The predicted octanol–water partition coefficient (Wildman–Crippen LogP) is 3.29. The number of halogens is 3. The van der Waals surface area contributed by atoms with Gasteiger partial charge < -0.3 is 0 Å². The molecule has 104 valence electrons. The third-order valence-corrected chi connectivity index (χ3v) is 2.85. The summed E-state index contributed by atoms with van der Waals surface area (Å²) < 4.78 is 38.8. The lowest BCUT2D eigenvalue weighted by Gasteiger charge is -2.12. The number of ketones is 1. The topological polar surface area (TPSA) is 42.9 Å². The van der Waals surface area contributed by atoms with Crippen LogP contribution >= 0.6 is 0 Å². The van der Waals surface area contributed by atoms with Crippen LogP contribution in [0.2, 0.25) is 0 Å². The zero-order chi connectivity index (χ0) is 14.8. The molecule has 0 unspecified atom stereocenters. The number of rotatable bonds is 3. The number of nitrogens with zero attached hydrogens (tertiary/aromatic N) is 2. The summed E-state index contributed by atoms with van der Waals surface area (Å²) in [4.78, 5) is 20.0. The molecular weight excluding hydrogens is 269 g/mol. The van der Waals surface area contributed by atoms with Crippen molar-refractivity contribution >= 4 is 5.78 Å². The average molecular weight is 280 g/mol. The standard InChI is InChI=1S/C14H11F3N2O/c1-2-12-10(7-18-8-19-12)13(20)9-5-3-4-6-11(9)14(15,16)17/h3-8H,2H2,1H3. The molecule has 0 bridgehead atoms. The van der Waals surface area contributed by atoms with Crippen LogP contribution in [0, 0.1) is 0 Å². The summed E-state index contributed by atoms with van der Waals surface area (Å²) in [6, 6.07) is 4.71. The molecule has 3 nitrogen and oxygen atoms in total. The number of benzene rings is 1. The maximum atomic E-state index is 12.9. The number of alkyl halides is 3. The number of carbonyl (C=O) groups is 1. The van der Waals surface area contributed by atoms with Gasteiger partial charge >= 0.3 is 6.18 Å². The first-order valence-electron chi connectivity index (χ1n) is 5.95. The normalized spacial score (nSPS) is 11.4. The Bertz CT molecular complexity index is 638. The minimum atomic E-state index is -4.58. The zero-order valence-corrected chi connectivity index (χ0v) is 10.6. The Labute approximate surface area is 113 Å². The molecule has 2 rings (SSSR count). The predicted molar refractivity (Wildman–Crippen MR) is 66.3 cm³/mol. The van der Waals surface area contributed by atoms with E-state index in [1.807, 2.05) is 0 Å². The Morgan fingerprint density at radius 2 is 1.90 bits per heavy atom. The van der Waals surface area contributed by atoms with Gasteiger partial charge in [-0.05, 0) is 12.5 Å². The van der Waals surface area contributed by atoms with Crippen molar-refractivity contribution < 1.29 is 18.0 Å². The number of hydrogen-bond acceptors (Lipinski definition) is 3. The van der Waals surface area contributed by atoms with E-state index in [2.05, 4.69) is 9.97 Å². The van der Waals surface area contributed by atoms with Crippen molar-refractivity contribution in [1.82, 2.24) is 9.97 Å². The van der Waals surface area contributed by atoms with Crippen LogP contribution in [0.1, 0.15) is 34.1 Å². The van der Waals surface area contributed by atoms with Gasteiger partial charge in [-0.2, -0.15) is 13.2 Å². The first-order chi connectivity index (χ1) is 9.45. The highest BCUT2D eigenvalue weighted by Gasteiger charge is 2.35. The Hall–Kier alpha value is -2.24. The second-order valence-corrected chi connectivity index (χ2v) is 4.11. The summed E-state index contributed by atoms with van der Waals surface area (Å²) in [5.74, 6) is -0.713. The summed E-state index contributed by atoms with van der Waals surface area (Å²) in [6.45, 7) is 1.77. The van der Waals surface area contributed by atoms with E-state index in [0.717, 1.165) is 12.1 Å². The fraction of sp³-hybridized carbons (Fsp3) is 0.214. The summed E-state index contributed by atoms with van der Waals surface area (Å²) in [6.07, 6.45) is -1.61. The molecule has 0 aliphatic rings. The maximum Gasteiger partial charge on any atom is 0.417 e. The van der Waals surface area contributed by atoms with Crippen LogP contribution in [0.15, 0.2) is 36.8 Å².